The SMILES string of the molecule is CCOc1nc(C(=O)NCc2cccc(N)c2)cc(N)c1C#N. The number of nitrogens with zero attached hydrogens (tertiary/aromatic N) is 2. The number of ether oxygens (including phenoxy) is 1. The molecule has 1 aromatic heterocycles. The summed E-state index contributed by atoms with van der Waals surface area (Å²) in [7, 11) is 0. The number of nitrogens with two attached hydrogens (primary N) is 2. The summed E-state index contributed by atoms with van der Waals surface area (Å²) in [5.74, 6) is -0.353. The highest BCUT2D eigenvalue weighted by Gasteiger charge is 2.16. The number of anilines is 2. The first-order chi connectivity index (χ1) is 11.0. The van der Waals surface area contributed by atoms with Crippen LogP contribution in [-0.4, -0.2) is 17.5 Å². The molecule has 0 aliphatic heterocycles. The van der Waals surface area contributed by atoms with E-state index in [1.165, 1.54) is 6.07 Å². The van der Waals surface area contributed by atoms with Crippen molar-refractivity contribution in [2.24, 2.45) is 0 Å². The number of rotatable bonds is 5. The number of carbonyl (C=O) groups excluding carboxylic acids is 1. The van der Waals surface area contributed by atoms with Gasteiger partial charge in [0.15, 0.2) is 0 Å². The lowest BCUT2D eigenvalue weighted by molar-refractivity contribution is 0.0945. The summed E-state index contributed by atoms with van der Waals surface area (Å²) in [5, 5.41) is 11.8. The summed E-state index contributed by atoms with van der Waals surface area (Å²) < 4.78 is 5.27. The Morgan fingerprint density at radius 2 is 2.17 bits per heavy atom. The molecule has 0 fully saturated rings. The molecule has 0 bridgehead atoms. The van der Waals surface area contributed by atoms with Gasteiger partial charge in [-0.2, -0.15) is 5.26 Å². The van der Waals surface area contributed by atoms with Crippen LogP contribution in [0.15, 0.2) is 30.3 Å². The van der Waals surface area contributed by atoms with Crippen molar-refractivity contribution in [1.82, 2.24) is 10.3 Å². The maximum atomic E-state index is 12.2. The van der Waals surface area contributed by atoms with E-state index in [9.17, 15) is 4.79 Å². The Labute approximate surface area is 133 Å². The zero-order valence-corrected chi connectivity index (χ0v) is 12.7. The summed E-state index contributed by atoms with van der Waals surface area (Å²) in [6, 6.07) is 10.5. The Kier molecular flexibility index (Phi) is 5.00. The normalized spacial score (nSPS) is 9.91. The molecule has 0 atom stereocenters. The molecular weight excluding hydrogens is 294 g/mol. The van der Waals surface area contributed by atoms with Crippen LogP contribution in [0.5, 0.6) is 5.88 Å². The largest absolute Gasteiger partial charge is 0.477 e. The number of amides is 1. The quantitative estimate of drug-likeness (QED) is 0.717. The Hall–Kier alpha value is -3.27. The smallest absolute Gasteiger partial charge is 0.270 e. The van der Waals surface area contributed by atoms with Gasteiger partial charge in [0, 0.05) is 12.2 Å². The third-order valence-corrected chi connectivity index (χ3v) is 3.05. The number of hydrogen-bond donors (Lipinski definition) is 3. The summed E-state index contributed by atoms with van der Waals surface area (Å²) in [5.41, 5.74) is 13.3. The fourth-order valence-electron chi connectivity index (χ4n) is 1.99. The molecule has 5 N–H and O–H groups in total. The molecule has 0 aliphatic carbocycles. The molecule has 1 amide bonds. The van der Waals surface area contributed by atoms with Crippen LogP contribution < -0.4 is 21.5 Å². The van der Waals surface area contributed by atoms with Crippen LogP contribution in [0.3, 0.4) is 0 Å². The molecule has 1 aromatic carbocycles. The van der Waals surface area contributed by atoms with Crippen LogP contribution in [-0.2, 0) is 6.54 Å². The molecule has 0 saturated carbocycles. The molecule has 0 aliphatic rings. The Morgan fingerprint density at radius 3 is 2.83 bits per heavy atom. The number of pyridine rings is 1. The number of benzene rings is 1. The van der Waals surface area contributed by atoms with Crippen LogP contribution in [0.1, 0.15) is 28.5 Å². The van der Waals surface area contributed by atoms with Crippen molar-refractivity contribution >= 4 is 17.3 Å². The summed E-state index contributed by atoms with van der Waals surface area (Å²) in [6.07, 6.45) is 0. The minimum absolute atomic E-state index is 0.0594. The predicted octanol–water partition coefficient (Wildman–Crippen LogP) is 1.45. The van der Waals surface area contributed by atoms with Gasteiger partial charge in [-0.25, -0.2) is 4.98 Å². The summed E-state index contributed by atoms with van der Waals surface area (Å²) in [4.78, 5) is 16.3. The van der Waals surface area contributed by atoms with Crippen LogP contribution in [0.4, 0.5) is 11.4 Å². The van der Waals surface area contributed by atoms with Gasteiger partial charge in [0.2, 0.25) is 5.88 Å². The second-order valence-corrected chi connectivity index (χ2v) is 4.75. The fourth-order valence-corrected chi connectivity index (χ4v) is 1.99. The van der Waals surface area contributed by atoms with Crippen LogP contribution in [0, 0.1) is 11.3 Å². The Bertz CT molecular complexity index is 768. The molecule has 118 valence electrons. The first-order valence-corrected chi connectivity index (χ1v) is 7.01. The lowest BCUT2D eigenvalue weighted by atomic mass is 10.2. The van der Waals surface area contributed by atoms with Crippen molar-refractivity contribution in [3.63, 3.8) is 0 Å². The van der Waals surface area contributed by atoms with Crippen molar-refractivity contribution in [3.8, 4) is 11.9 Å². The summed E-state index contributed by atoms with van der Waals surface area (Å²) in [6.45, 7) is 2.37. The molecule has 0 spiro atoms. The lowest BCUT2D eigenvalue weighted by Crippen LogP contribution is -2.24. The molecule has 1 heterocycles. The third kappa shape index (κ3) is 3.89. The van der Waals surface area contributed by atoms with Gasteiger partial charge in [0.05, 0.1) is 12.3 Å². The van der Waals surface area contributed by atoms with E-state index in [-0.39, 0.29) is 22.8 Å². The van der Waals surface area contributed by atoms with Crippen molar-refractivity contribution in [3.05, 3.63) is 47.2 Å². The van der Waals surface area contributed by atoms with Crippen molar-refractivity contribution in [1.29, 1.82) is 5.26 Å². The number of aromatic nitrogens is 1. The summed E-state index contributed by atoms with van der Waals surface area (Å²) >= 11 is 0. The van der Waals surface area contributed by atoms with E-state index >= 15 is 0 Å². The van der Waals surface area contributed by atoms with Gasteiger partial charge in [-0.15, -0.1) is 0 Å². The minimum atomic E-state index is -0.412. The second-order valence-electron chi connectivity index (χ2n) is 4.75. The number of nitrogen functional groups attached to an aromatic ring is 2. The molecule has 23 heavy (non-hydrogen) atoms. The van der Waals surface area contributed by atoms with Gasteiger partial charge < -0.3 is 21.5 Å². The van der Waals surface area contributed by atoms with E-state index in [0.717, 1.165) is 5.56 Å². The van der Waals surface area contributed by atoms with E-state index in [2.05, 4.69) is 10.3 Å². The highest BCUT2D eigenvalue weighted by atomic mass is 16.5. The second kappa shape index (κ2) is 7.13. The van der Waals surface area contributed by atoms with Gasteiger partial charge in [-0.3, -0.25) is 4.79 Å². The van der Waals surface area contributed by atoms with Crippen molar-refractivity contribution < 1.29 is 9.53 Å². The molecule has 7 nitrogen and oxygen atoms in total. The van der Waals surface area contributed by atoms with E-state index in [1.54, 1.807) is 19.1 Å². The average Bonchev–Trinajstić information content (AvgIpc) is 2.52. The zero-order chi connectivity index (χ0) is 16.8. The Balaban J connectivity index is 2.17. The van der Waals surface area contributed by atoms with Gasteiger partial charge >= 0.3 is 0 Å². The first-order valence-electron chi connectivity index (χ1n) is 7.01. The molecule has 7 heteroatoms. The monoisotopic (exact) mass is 311 g/mol. The maximum Gasteiger partial charge on any atom is 0.270 e. The third-order valence-electron chi connectivity index (χ3n) is 3.05. The highest BCUT2D eigenvalue weighted by Crippen LogP contribution is 2.22. The number of nitrogens with one attached hydrogen (secondary N) is 1. The minimum Gasteiger partial charge on any atom is -0.477 e. The van der Waals surface area contributed by atoms with Crippen molar-refractivity contribution in [2.45, 2.75) is 13.5 Å². The van der Waals surface area contributed by atoms with E-state index in [0.29, 0.717) is 18.8 Å². The van der Waals surface area contributed by atoms with E-state index < -0.39 is 5.91 Å². The van der Waals surface area contributed by atoms with Gasteiger partial charge in [0.25, 0.3) is 5.91 Å². The molecule has 0 radical (unpaired) electrons. The molecule has 0 unspecified atom stereocenters. The Morgan fingerprint density at radius 1 is 1.39 bits per heavy atom. The van der Waals surface area contributed by atoms with Gasteiger partial charge in [0.1, 0.15) is 17.3 Å². The van der Waals surface area contributed by atoms with Crippen LogP contribution in [0.2, 0.25) is 0 Å². The number of carbonyl (C=O) groups is 1. The first kappa shape index (κ1) is 16.1. The van der Waals surface area contributed by atoms with Gasteiger partial charge in [-0.1, -0.05) is 12.1 Å². The van der Waals surface area contributed by atoms with Gasteiger partial charge in [-0.05, 0) is 30.7 Å². The standard InChI is InChI=1S/C16H17N5O2/c1-2-23-16-12(8-17)13(19)7-14(21-16)15(22)20-9-10-4-3-5-11(18)6-10/h3-7H,2,9,18H2,1H3,(H2,19,21)(H,20,22). The predicted molar refractivity (Wildman–Crippen MR) is 86.6 cm³/mol. The molecule has 2 rings (SSSR count). The molecule has 2 aromatic rings. The number of hydrogen-bond acceptors (Lipinski definition) is 6. The zero-order valence-electron chi connectivity index (χ0n) is 12.7. The van der Waals surface area contributed by atoms with E-state index in [4.69, 9.17) is 21.5 Å². The topological polar surface area (TPSA) is 127 Å². The number of nitriles is 1. The van der Waals surface area contributed by atoms with Crippen molar-refractivity contribution in [2.75, 3.05) is 18.1 Å². The maximum absolute atomic E-state index is 12.2. The van der Waals surface area contributed by atoms with Crippen LogP contribution >= 0.6 is 0 Å². The molecular formula is C16H17N5O2. The fraction of sp³-hybridized carbons (Fsp3) is 0.188. The average molecular weight is 311 g/mol. The highest BCUT2D eigenvalue weighted by molar-refractivity contribution is 5.93. The van der Waals surface area contributed by atoms with Crippen LogP contribution in [0.25, 0.3) is 0 Å². The van der Waals surface area contributed by atoms with E-state index in [1.807, 2.05) is 18.2 Å². The lowest BCUT2D eigenvalue weighted by Gasteiger charge is -2.10. The molecule has 0 saturated heterocycles.